The molecule has 4 nitrogen and oxygen atoms in total. The summed E-state index contributed by atoms with van der Waals surface area (Å²) in [5, 5.41) is 26.5. The third kappa shape index (κ3) is 3.05. The monoisotopic (exact) mass is 224 g/mol. The van der Waals surface area contributed by atoms with Crippen LogP contribution in [0.3, 0.4) is 0 Å². The number of carboxylic acids is 1. The van der Waals surface area contributed by atoms with Crippen LogP contribution >= 0.6 is 0 Å². The highest BCUT2D eigenvalue weighted by molar-refractivity contribution is 5.66. The van der Waals surface area contributed by atoms with Gasteiger partial charge < -0.3 is 15.3 Å². The fourth-order valence-corrected chi connectivity index (χ4v) is 1.58. The Morgan fingerprint density at radius 1 is 1.25 bits per heavy atom. The van der Waals surface area contributed by atoms with E-state index >= 15 is 0 Å². The second-order valence-corrected chi connectivity index (χ2v) is 3.64. The minimum atomic E-state index is -0.745. The molecule has 1 aliphatic carbocycles. The van der Waals surface area contributed by atoms with E-state index in [1.165, 1.54) is 0 Å². The quantitative estimate of drug-likeness (QED) is 0.677. The predicted octanol–water partition coefficient (Wildman–Crippen LogP) is 1.64. The third-order valence-corrected chi connectivity index (χ3v) is 2.46. The van der Waals surface area contributed by atoms with Crippen LogP contribution in [0.4, 0.5) is 0 Å². The van der Waals surface area contributed by atoms with E-state index in [0.717, 1.165) is 11.1 Å². The van der Waals surface area contributed by atoms with Crippen LogP contribution in [0.5, 0.6) is 0 Å². The fourth-order valence-electron chi connectivity index (χ4n) is 1.58. The number of carbonyl (C=O) groups is 1. The van der Waals surface area contributed by atoms with Crippen LogP contribution < -0.4 is 0 Å². The van der Waals surface area contributed by atoms with Crippen molar-refractivity contribution in [1.82, 2.24) is 0 Å². The van der Waals surface area contributed by atoms with Crippen molar-refractivity contribution in [3.63, 3.8) is 0 Å². The molecular formula is C12H16O4. The summed E-state index contributed by atoms with van der Waals surface area (Å²) in [4.78, 5) is 9.37. The summed E-state index contributed by atoms with van der Waals surface area (Å²) in [6.45, 7) is 1.60. The number of fused-ring (bicyclic) bond motifs is 1. The van der Waals surface area contributed by atoms with Crippen molar-refractivity contribution in [2.45, 2.75) is 32.0 Å². The number of aliphatic hydroxyl groups excluding tert-OH is 2. The first-order valence-electron chi connectivity index (χ1n) is 5.23. The van der Waals surface area contributed by atoms with Gasteiger partial charge in [0, 0.05) is 12.8 Å². The lowest BCUT2D eigenvalue weighted by atomic mass is 10.1. The molecule has 0 aromatic heterocycles. The molecule has 88 valence electrons. The molecule has 0 heterocycles. The molecule has 0 fully saturated rings. The van der Waals surface area contributed by atoms with Crippen LogP contribution in [0.2, 0.25) is 0 Å². The van der Waals surface area contributed by atoms with Gasteiger partial charge in [-0.2, -0.15) is 0 Å². The number of rotatable bonds is 1. The molecule has 1 aromatic carbocycles. The van der Waals surface area contributed by atoms with E-state index in [2.05, 4.69) is 0 Å². The molecule has 4 heteroatoms. The normalized spacial score (nSPS) is 21.9. The summed E-state index contributed by atoms with van der Waals surface area (Å²) in [6, 6.07) is 7.46. The van der Waals surface area contributed by atoms with E-state index in [4.69, 9.17) is 5.11 Å². The van der Waals surface area contributed by atoms with E-state index in [1.807, 2.05) is 24.3 Å². The number of aliphatic hydroxyl groups is 2. The number of aliphatic carboxylic acids is 1. The van der Waals surface area contributed by atoms with E-state index in [-0.39, 0.29) is 6.42 Å². The molecule has 0 saturated carbocycles. The van der Waals surface area contributed by atoms with Gasteiger partial charge >= 0.3 is 5.97 Å². The summed E-state index contributed by atoms with van der Waals surface area (Å²) in [7, 11) is 0. The summed E-state index contributed by atoms with van der Waals surface area (Å²) in [6.07, 6.45) is -0.276. The van der Waals surface area contributed by atoms with Gasteiger partial charge in [-0.3, -0.25) is 4.79 Å². The van der Waals surface area contributed by atoms with Crippen LogP contribution in [0, 0.1) is 0 Å². The average molecular weight is 224 g/mol. The Bertz CT molecular complexity index is 335. The smallest absolute Gasteiger partial charge is 0.303 e. The van der Waals surface area contributed by atoms with Gasteiger partial charge in [-0.25, -0.2) is 0 Å². The molecule has 0 saturated heterocycles. The summed E-state index contributed by atoms with van der Waals surface area (Å²) in [5.41, 5.74) is 1.75. The van der Waals surface area contributed by atoms with Crippen molar-refractivity contribution in [2.75, 3.05) is 0 Å². The van der Waals surface area contributed by atoms with Crippen molar-refractivity contribution in [3.8, 4) is 0 Å². The van der Waals surface area contributed by atoms with Crippen LogP contribution in [0.1, 0.15) is 43.1 Å². The summed E-state index contributed by atoms with van der Waals surface area (Å²) in [5.74, 6) is -0.745. The van der Waals surface area contributed by atoms with Gasteiger partial charge in [-0.1, -0.05) is 31.2 Å². The van der Waals surface area contributed by atoms with E-state index in [1.54, 1.807) is 6.92 Å². The summed E-state index contributed by atoms with van der Waals surface area (Å²) >= 11 is 0. The highest BCUT2D eigenvalue weighted by Gasteiger charge is 2.26. The number of hydrogen-bond acceptors (Lipinski definition) is 3. The molecule has 0 amide bonds. The first kappa shape index (κ1) is 12.7. The number of hydrogen-bond donors (Lipinski definition) is 3. The molecule has 1 aromatic rings. The topological polar surface area (TPSA) is 77.8 Å². The fraction of sp³-hybridized carbons (Fsp3) is 0.417. The zero-order valence-corrected chi connectivity index (χ0v) is 9.13. The van der Waals surface area contributed by atoms with Gasteiger partial charge in [-0.15, -0.1) is 0 Å². The lowest BCUT2D eigenvalue weighted by molar-refractivity contribution is -0.136. The maximum Gasteiger partial charge on any atom is 0.303 e. The Balaban J connectivity index is 0.000000221. The predicted molar refractivity (Wildman–Crippen MR) is 58.9 cm³/mol. The van der Waals surface area contributed by atoms with Gasteiger partial charge in [0.2, 0.25) is 0 Å². The van der Waals surface area contributed by atoms with Gasteiger partial charge in [-0.05, 0) is 11.1 Å². The Kier molecular flexibility index (Phi) is 4.46. The first-order valence-corrected chi connectivity index (χ1v) is 5.23. The SMILES string of the molecule is CCC(=O)O.OC1CC(O)c2ccccc21. The van der Waals surface area contributed by atoms with Gasteiger partial charge in [0.25, 0.3) is 0 Å². The molecule has 0 spiro atoms. The summed E-state index contributed by atoms with van der Waals surface area (Å²) < 4.78 is 0. The van der Waals surface area contributed by atoms with Gasteiger partial charge in [0.1, 0.15) is 0 Å². The highest BCUT2D eigenvalue weighted by Crippen LogP contribution is 2.37. The minimum absolute atomic E-state index is 0.222. The molecule has 2 atom stereocenters. The van der Waals surface area contributed by atoms with Crippen LogP contribution in [0.15, 0.2) is 24.3 Å². The number of benzene rings is 1. The van der Waals surface area contributed by atoms with Crippen molar-refractivity contribution < 1.29 is 20.1 Å². The Morgan fingerprint density at radius 3 is 1.94 bits per heavy atom. The van der Waals surface area contributed by atoms with Crippen molar-refractivity contribution in [2.24, 2.45) is 0 Å². The lowest BCUT2D eigenvalue weighted by Crippen LogP contribution is -1.89. The maximum absolute atomic E-state index is 9.39. The molecule has 0 bridgehead atoms. The Hall–Kier alpha value is -1.39. The molecule has 1 aliphatic rings. The standard InChI is InChI=1S/C9H10O2.C3H6O2/c10-8-5-9(11)7-4-2-1-3-6(7)8;1-2-3(4)5/h1-4,8-11H,5H2;2H2,1H3,(H,4,5). The molecule has 16 heavy (non-hydrogen) atoms. The molecule has 0 radical (unpaired) electrons. The van der Waals surface area contributed by atoms with Crippen LogP contribution in [-0.2, 0) is 4.79 Å². The number of carboxylic acid groups (broad SMARTS) is 1. The van der Waals surface area contributed by atoms with Gasteiger partial charge in [0.15, 0.2) is 0 Å². The molecule has 2 unspecified atom stereocenters. The van der Waals surface area contributed by atoms with Gasteiger partial charge in [0.05, 0.1) is 12.2 Å². The van der Waals surface area contributed by atoms with Crippen molar-refractivity contribution in [3.05, 3.63) is 35.4 Å². The minimum Gasteiger partial charge on any atom is -0.481 e. The van der Waals surface area contributed by atoms with E-state index in [0.29, 0.717) is 6.42 Å². The Labute approximate surface area is 94.2 Å². The van der Waals surface area contributed by atoms with E-state index in [9.17, 15) is 15.0 Å². The van der Waals surface area contributed by atoms with E-state index < -0.39 is 18.2 Å². The zero-order chi connectivity index (χ0) is 12.1. The lowest BCUT2D eigenvalue weighted by Gasteiger charge is -2.00. The van der Waals surface area contributed by atoms with Crippen LogP contribution in [-0.4, -0.2) is 21.3 Å². The average Bonchev–Trinajstić information content (AvgIpc) is 2.56. The Morgan fingerprint density at radius 2 is 1.62 bits per heavy atom. The molecular weight excluding hydrogens is 208 g/mol. The third-order valence-electron chi connectivity index (χ3n) is 2.46. The largest absolute Gasteiger partial charge is 0.481 e. The zero-order valence-electron chi connectivity index (χ0n) is 9.13. The van der Waals surface area contributed by atoms with Crippen LogP contribution in [0.25, 0.3) is 0 Å². The molecule has 2 rings (SSSR count). The first-order chi connectivity index (χ1) is 7.56. The second-order valence-electron chi connectivity index (χ2n) is 3.64. The maximum atomic E-state index is 9.39. The highest BCUT2D eigenvalue weighted by atomic mass is 16.4. The van der Waals surface area contributed by atoms with Crippen molar-refractivity contribution in [1.29, 1.82) is 0 Å². The second kappa shape index (κ2) is 5.63. The molecule has 0 aliphatic heterocycles. The molecule has 3 N–H and O–H groups in total. The van der Waals surface area contributed by atoms with Crippen molar-refractivity contribution >= 4 is 5.97 Å².